The van der Waals surface area contributed by atoms with Crippen molar-refractivity contribution in [3.05, 3.63) is 16.1 Å². The highest BCUT2D eigenvalue weighted by atomic mass is 32.1. The second-order valence-electron chi connectivity index (χ2n) is 5.50. The van der Waals surface area contributed by atoms with Crippen molar-refractivity contribution >= 4 is 17.3 Å². The van der Waals surface area contributed by atoms with Crippen molar-refractivity contribution in [2.24, 2.45) is 5.41 Å². The Morgan fingerprint density at radius 1 is 1.47 bits per heavy atom. The van der Waals surface area contributed by atoms with Crippen LogP contribution >= 0.6 is 11.3 Å². The minimum atomic E-state index is -1.03. The first kappa shape index (κ1) is 12.6. The molecule has 1 aliphatic carbocycles. The van der Waals surface area contributed by atoms with E-state index in [0.717, 1.165) is 38.9 Å². The van der Waals surface area contributed by atoms with Crippen LogP contribution in [0.4, 0.5) is 0 Å². The number of hydrogen-bond acceptors (Lipinski definition) is 5. The molecule has 2 heterocycles. The van der Waals surface area contributed by atoms with Crippen LogP contribution in [0, 0.1) is 16.7 Å². The summed E-state index contributed by atoms with van der Waals surface area (Å²) in [6.07, 6.45) is 3.56. The molecule has 19 heavy (non-hydrogen) atoms. The molecule has 6 heteroatoms. The Hall–Kier alpha value is -1.45. The molecule has 0 bridgehead atoms. The van der Waals surface area contributed by atoms with Crippen molar-refractivity contribution < 1.29 is 14.6 Å². The van der Waals surface area contributed by atoms with Gasteiger partial charge in [0, 0.05) is 18.6 Å². The summed E-state index contributed by atoms with van der Waals surface area (Å²) in [7, 11) is 0. The van der Waals surface area contributed by atoms with Gasteiger partial charge in [0.15, 0.2) is 5.69 Å². The van der Waals surface area contributed by atoms with E-state index in [-0.39, 0.29) is 11.1 Å². The molecule has 1 saturated carbocycles. The van der Waals surface area contributed by atoms with Crippen LogP contribution in [0.25, 0.3) is 0 Å². The standard InChI is InChI=1S/C13H14N2O3S/c14-8-13(11-15-9(5-19-11)10(16)17)6-12(7-13)1-3-18-4-2-12/h5H,1-4,6-7H2,(H,16,17). The van der Waals surface area contributed by atoms with E-state index < -0.39 is 11.4 Å². The van der Waals surface area contributed by atoms with Crippen LogP contribution in [0.15, 0.2) is 5.38 Å². The lowest BCUT2D eigenvalue weighted by molar-refractivity contribution is -0.0578. The first-order valence-corrected chi connectivity index (χ1v) is 7.16. The monoisotopic (exact) mass is 278 g/mol. The van der Waals surface area contributed by atoms with E-state index in [1.807, 2.05) is 0 Å². The number of rotatable bonds is 2. The molecule has 0 amide bonds. The van der Waals surface area contributed by atoms with Gasteiger partial charge in [-0.15, -0.1) is 11.3 Å². The largest absolute Gasteiger partial charge is 0.476 e. The van der Waals surface area contributed by atoms with E-state index in [1.165, 1.54) is 16.7 Å². The minimum Gasteiger partial charge on any atom is -0.476 e. The third-order valence-corrected chi connectivity index (χ3v) is 5.30. The van der Waals surface area contributed by atoms with Gasteiger partial charge in [-0.05, 0) is 31.1 Å². The van der Waals surface area contributed by atoms with Gasteiger partial charge in [0.1, 0.15) is 10.4 Å². The number of ether oxygens (including phenoxy) is 1. The first-order valence-electron chi connectivity index (χ1n) is 6.28. The van der Waals surface area contributed by atoms with Crippen molar-refractivity contribution in [2.45, 2.75) is 31.1 Å². The lowest BCUT2D eigenvalue weighted by Gasteiger charge is -2.53. The van der Waals surface area contributed by atoms with Crippen LogP contribution in [0.3, 0.4) is 0 Å². The molecule has 1 N–H and O–H groups in total. The Labute approximate surface area is 114 Å². The first-order chi connectivity index (χ1) is 9.09. The van der Waals surface area contributed by atoms with E-state index in [2.05, 4.69) is 11.1 Å². The summed E-state index contributed by atoms with van der Waals surface area (Å²) < 4.78 is 5.37. The molecule has 1 aromatic heterocycles. The van der Waals surface area contributed by atoms with Crippen molar-refractivity contribution in [1.29, 1.82) is 5.26 Å². The highest BCUT2D eigenvalue weighted by Gasteiger charge is 2.57. The van der Waals surface area contributed by atoms with Gasteiger partial charge in [-0.3, -0.25) is 0 Å². The zero-order chi connectivity index (χ0) is 13.5. The maximum Gasteiger partial charge on any atom is 0.355 e. The van der Waals surface area contributed by atoms with Gasteiger partial charge in [0.25, 0.3) is 0 Å². The normalized spacial score (nSPS) is 23.5. The summed E-state index contributed by atoms with van der Waals surface area (Å²) in [6, 6.07) is 2.37. The molecule has 100 valence electrons. The summed E-state index contributed by atoms with van der Waals surface area (Å²) in [6.45, 7) is 1.53. The SMILES string of the molecule is N#CC1(c2nc(C(=O)O)cs2)CC2(CCOCC2)C1. The van der Waals surface area contributed by atoms with E-state index in [9.17, 15) is 10.1 Å². The molecule has 0 atom stereocenters. The fourth-order valence-corrected chi connectivity index (χ4v) is 4.20. The number of carboxylic acid groups (broad SMARTS) is 1. The molecule has 2 aliphatic rings. The molecule has 3 rings (SSSR count). The summed E-state index contributed by atoms with van der Waals surface area (Å²) in [5, 5.41) is 20.6. The molecule has 0 radical (unpaired) electrons. The third-order valence-electron chi connectivity index (χ3n) is 4.25. The predicted octanol–water partition coefficient (Wildman–Crippen LogP) is 2.19. The molecule has 1 aromatic rings. The second kappa shape index (κ2) is 4.29. The van der Waals surface area contributed by atoms with E-state index in [1.54, 1.807) is 0 Å². The number of carboxylic acids is 1. The number of carbonyl (C=O) groups is 1. The number of aromatic nitrogens is 1. The molecule has 1 aliphatic heterocycles. The van der Waals surface area contributed by atoms with Crippen LogP contribution in [0.1, 0.15) is 41.2 Å². The number of thiazole rings is 1. The smallest absolute Gasteiger partial charge is 0.355 e. The van der Waals surface area contributed by atoms with Crippen molar-refractivity contribution in [1.82, 2.24) is 4.98 Å². The number of nitriles is 1. The van der Waals surface area contributed by atoms with Crippen LogP contribution in [-0.4, -0.2) is 29.3 Å². The summed E-state index contributed by atoms with van der Waals surface area (Å²) in [4.78, 5) is 15.0. The highest BCUT2D eigenvalue weighted by Crippen LogP contribution is 2.60. The van der Waals surface area contributed by atoms with Gasteiger partial charge in [0.05, 0.1) is 6.07 Å². The Morgan fingerprint density at radius 2 is 2.16 bits per heavy atom. The van der Waals surface area contributed by atoms with Crippen LogP contribution < -0.4 is 0 Å². The minimum absolute atomic E-state index is 0.0440. The molecular formula is C13H14N2O3S. The van der Waals surface area contributed by atoms with Gasteiger partial charge in [0.2, 0.25) is 0 Å². The Morgan fingerprint density at radius 3 is 2.68 bits per heavy atom. The number of hydrogen-bond donors (Lipinski definition) is 1. The second-order valence-corrected chi connectivity index (χ2v) is 6.36. The lowest BCUT2D eigenvalue weighted by Crippen LogP contribution is -2.51. The summed E-state index contributed by atoms with van der Waals surface area (Å²) >= 11 is 1.29. The zero-order valence-electron chi connectivity index (χ0n) is 10.4. The maximum absolute atomic E-state index is 10.9. The maximum atomic E-state index is 10.9. The van der Waals surface area contributed by atoms with Crippen molar-refractivity contribution in [3.63, 3.8) is 0 Å². The molecule has 5 nitrogen and oxygen atoms in total. The van der Waals surface area contributed by atoms with Crippen molar-refractivity contribution in [3.8, 4) is 6.07 Å². The topological polar surface area (TPSA) is 83.2 Å². The average molecular weight is 278 g/mol. The summed E-state index contributed by atoms with van der Waals surface area (Å²) in [5.41, 5.74) is -0.318. The van der Waals surface area contributed by atoms with Crippen LogP contribution in [-0.2, 0) is 10.2 Å². The Balaban J connectivity index is 1.82. The van der Waals surface area contributed by atoms with Crippen LogP contribution in [0.2, 0.25) is 0 Å². The lowest BCUT2D eigenvalue weighted by atomic mass is 9.51. The molecule has 1 spiro atoms. The molecule has 2 fully saturated rings. The molecule has 0 aromatic carbocycles. The zero-order valence-corrected chi connectivity index (χ0v) is 11.2. The molecule has 0 unspecified atom stereocenters. The number of nitrogens with zero attached hydrogens (tertiary/aromatic N) is 2. The van der Waals surface area contributed by atoms with Gasteiger partial charge < -0.3 is 9.84 Å². The van der Waals surface area contributed by atoms with Gasteiger partial charge in [-0.1, -0.05) is 0 Å². The Bertz CT molecular complexity index is 546. The van der Waals surface area contributed by atoms with E-state index in [4.69, 9.17) is 9.84 Å². The average Bonchev–Trinajstić information content (AvgIpc) is 2.86. The van der Waals surface area contributed by atoms with Crippen LogP contribution in [0.5, 0.6) is 0 Å². The molecule has 1 saturated heterocycles. The van der Waals surface area contributed by atoms with Gasteiger partial charge >= 0.3 is 5.97 Å². The van der Waals surface area contributed by atoms with E-state index >= 15 is 0 Å². The highest BCUT2D eigenvalue weighted by molar-refractivity contribution is 7.10. The predicted molar refractivity (Wildman–Crippen MR) is 68.1 cm³/mol. The quantitative estimate of drug-likeness (QED) is 0.896. The fourth-order valence-electron chi connectivity index (χ4n) is 3.26. The van der Waals surface area contributed by atoms with Gasteiger partial charge in [-0.25, -0.2) is 9.78 Å². The third kappa shape index (κ3) is 1.94. The van der Waals surface area contributed by atoms with Gasteiger partial charge in [-0.2, -0.15) is 5.26 Å². The Kier molecular flexibility index (Phi) is 2.84. The number of aromatic carboxylic acids is 1. The summed E-state index contributed by atoms with van der Waals surface area (Å²) in [5.74, 6) is -1.03. The van der Waals surface area contributed by atoms with Crippen molar-refractivity contribution in [2.75, 3.05) is 13.2 Å². The fraction of sp³-hybridized carbons (Fsp3) is 0.615. The van der Waals surface area contributed by atoms with E-state index in [0.29, 0.717) is 5.01 Å². The molecular weight excluding hydrogens is 264 g/mol.